The van der Waals surface area contributed by atoms with Crippen molar-refractivity contribution in [3.63, 3.8) is 0 Å². The minimum Gasteiger partial charge on any atom is -0.467 e. The Morgan fingerprint density at radius 1 is 1.26 bits per heavy atom. The van der Waals surface area contributed by atoms with E-state index in [2.05, 4.69) is 15.3 Å². The molecule has 124 valence electrons. The van der Waals surface area contributed by atoms with Crippen LogP contribution in [0.4, 0.5) is 0 Å². The van der Waals surface area contributed by atoms with Gasteiger partial charge in [0.05, 0.1) is 7.11 Å². The quantitative estimate of drug-likeness (QED) is 0.907. The van der Waals surface area contributed by atoms with Gasteiger partial charge < -0.3 is 10.1 Å². The van der Waals surface area contributed by atoms with E-state index in [4.69, 9.17) is 4.74 Å². The number of aryl methyl sites for hydroxylation is 1. The predicted octanol–water partition coefficient (Wildman–Crippen LogP) is 2.50. The van der Waals surface area contributed by atoms with Gasteiger partial charge in [0.25, 0.3) is 0 Å². The molecular weight excluding hydrogens is 290 g/mol. The SMILES string of the molecule is COc1nccc(CCC(=O)NC23CC4CC(CC(C4)C2)C3)n1. The van der Waals surface area contributed by atoms with Gasteiger partial charge in [-0.3, -0.25) is 4.79 Å². The minimum absolute atomic E-state index is 0.106. The third-order valence-electron chi connectivity index (χ3n) is 5.92. The molecular formula is C18H25N3O2. The summed E-state index contributed by atoms with van der Waals surface area (Å²) in [6, 6.07) is 2.21. The summed E-state index contributed by atoms with van der Waals surface area (Å²) in [4.78, 5) is 20.7. The maximum absolute atomic E-state index is 12.5. The fraction of sp³-hybridized carbons (Fsp3) is 0.722. The molecule has 4 bridgehead atoms. The molecule has 1 aromatic heterocycles. The van der Waals surface area contributed by atoms with E-state index in [1.54, 1.807) is 13.3 Å². The Morgan fingerprint density at radius 2 is 1.91 bits per heavy atom. The number of hydrogen-bond acceptors (Lipinski definition) is 4. The fourth-order valence-electron chi connectivity index (χ4n) is 5.48. The molecule has 0 atom stereocenters. The van der Waals surface area contributed by atoms with Gasteiger partial charge in [0.2, 0.25) is 5.91 Å². The number of methoxy groups -OCH3 is 1. The van der Waals surface area contributed by atoms with Crippen molar-refractivity contribution in [2.45, 2.75) is 56.9 Å². The largest absolute Gasteiger partial charge is 0.467 e. The Labute approximate surface area is 137 Å². The van der Waals surface area contributed by atoms with Crippen molar-refractivity contribution < 1.29 is 9.53 Å². The average Bonchev–Trinajstić information content (AvgIpc) is 2.51. The maximum atomic E-state index is 12.5. The van der Waals surface area contributed by atoms with E-state index in [-0.39, 0.29) is 11.4 Å². The van der Waals surface area contributed by atoms with Crippen LogP contribution in [-0.4, -0.2) is 28.5 Å². The van der Waals surface area contributed by atoms with Crippen molar-refractivity contribution in [2.24, 2.45) is 17.8 Å². The molecule has 1 heterocycles. The summed E-state index contributed by atoms with van der Waals surface area (Å²) in [5.41, 5.74) is 0.965. The Morgan fingerprint density at radius 3 is 2.52 bits per heavy atom. The van der Waals surface area contributed by atoms with Crippen molar-refractivity contribution in [2.75, 3.05) is 7.11 Å². The Bertz CT molecular complexity index is 566. The Balaban J connectivity index is 1.35. The third kappa shape index (κ3) is 3.06. The second-order valence-electron chi connectivity index (χ2n) is 7.78. The van der Waals surface area contributed by atoms with Crippen LogP contribution in [0.5, 0.6) is 6.01 Å². The zero-order valence-corrected chi connectivity index (χ0v) is 13.8. The van der Waals surface area contributed by atoms with Crippen molar-refractivity contribution in [3.8, 4) is 6.01 Å². The monoisotopic (exact) mass is 315 g/mol. The molecule has 0 aromatic carbocycles. The van der Waals surface area contributed by atoms with Gasteiger partial charge in [-0.1, -0.05) is 0 Å². The first-order chi connectivity index (χ1) is 11.1. The normalized spacial score (nSPS) is 34.4. The molecule has 0 radical (unpaired) electrons. The number of ether oxygens (including phenoxy) is 1. The second kappa shape index (κ2) is 5.77. The second-order valence-corrected chi connectivity index (χ2v) is 7.78. The van der Waals surface area contributed by atoms with Crippen molar-refractivity contribution in [1.82, 2.24) is 15.3 Å². The minimum atomic E-state index is 0.106. The van der Waals surface area contributed by atoms with Crippen LogP contribution in [0, 0.1) is 17.8 Å². The van der Waals surface area contributed by atoms with Gasteiger partial charge in [-0.05, 0) is 68.8 Å². The molecule has 4 aliphatic rings. The highest BCUT2D eigenvalue weighted by Gasteiger charge is 2.51. The molecule has 5 nitrogen and oxygen atoms in total. The first-order valence-electron chi connectivity index (χ1n) is 8.81. The zero-order chi connectivity index (χ0) is 15.9. The zero-order valence-electron chi connectivity index (χ0n) is 13.8. The first-order valence-corrected chi connectivity index (χ1v) is 8.81. The molecule has 0 spiro atoms. The van der Waals surface area contributed by atoms with E-state index >= 15 is 0 Å². The lowest BCUT2D eigenvalue weighted by Gasteiger charge is -2.56. The van der Waals surface area contributed by atoms with Crippen molar-refractivity contribution >= 4 is 5.91 Å². The van der Waals surface area contributed by atoms with Gasteiger partial charge in [-0.15, -0.1) is 0 Å². The molecule has 0 unspecified atom stereocenters. The fourth-order valence-corrected chi connectivity index (χ4v) is 5.48. The average molecular weight is 315 g/mol. The summed E-state index contributed by atoms with van der Waals surface area (Å²) in [6.07, 6.45) is 10.6. The number of amides is 1. The topological polar surface area (TPSA) is 64.1 Å². The lowest BCUT2D eigenvalue weighted by Crippen LogP contribution is -2.59. The summed E-state index contributed by atoms with van der Waals surface area (Å²) in [5.74, 6) is 2.73. The highest BCUT2D eigenvalue weighted by atomic mass is 16.5. The lowest BCUT2D eigenvalue weighted by molar-refractivity contribution is -0.126. The van der Waals surface area contributed by atoms with E-state index in [1.165, 1.54) is 38.5 Å². The molecule has 0 saturated heterocycles. The van der Waals surface area contributed by atoms with E-state index < -0.39 is 0 Å². The summed E-state index contributed by atoms with van der Waals surface area (Å²) in [7, 11) is 1.55. The van der Waals surface area contributed by atoms with E-state index in [9.17, 15) is 4.79 Å². The van der Waals surface area contributed by atoms with Gasteiger partial charge >= 0.3 is 6.01 Å². The molecule has 4 fully saturated rings. The predicted molar refractivity (Wildman–Crippen MR) is 86.0 cm³/mol. The highest BCUT2D eigenvalue weighted by Crippen LogP contribution is 2.55. The van der Waals surface area contributed by atoms with E-state index in [0.717, 1.165) is 23.4 Å². The van der Waals surface area contributed by atoms with E-state index in [1.807, 2.05) is 6.07 Å². The number of rotatable bonds is 5. The van der Waals surface area contributed by atoms with Crippen LogP contribution < -0.4 is 10.1 Å². The van der Waals surface area contributed by atoms with Crippen molar-refractivity contribution in [3.05, 3.63) is 18.0 Å². The molecule has 5 rings (SSSR count). The Hall–Kier alpha value is -1.65. The van der Waals surface area contributed by atoms with Gasteiger partial charge in [0, 0.05) is 23.9 Å². The summed E-state index contributed by atoms with van der Waals surface area (Å²) >= 11 is 0. The number of hydrogen-bond donors (Lipinski definition) is 1. The summed E-state index contributed by atoms with van der Waals surface area (Å²) < 4.78 is 5.03. The van der Waals surface area contributed by atoms with Crippen molar-refractivity contribution in [1.29, 1.82) is 0 Å². The molecule has 5 heteroatoms. The first kappa shape index (κ1) is 14.9. The molecule has 23 heavy (non-hydrogen) atoms. The van der Waals surface area contributed by atoms with Crippen LogP contribution in [0.2, 0.25) is 0 Å². The number of carbonyl (C=O) groups is 1. The molecule has 1 N–H and O–H groups in total. The maximum Gasteiger partial charge on any atom is 0.316 e. The molecule has 1 aromatic rings. The van der Waals surface area contributed by atoms with Crippen LogP contribution in [0.1, 0.15) is 50.6 Å². The molecule has 0 aliphatic heterocycles. The number of nitrogens with one attached hydrogen (secondary N) is 1. The lowest BCUT2D eigenvalue weighted by atomic mass is 9.53. The number of nitrogens with zero attached hydrogens (tertiary/aromatic N) is 2. The van der Waals surface area contributed by atoms with Crippen LogP contribution in [0.3, 0.4) is 0 Å². The number of carbonyl (C=O) groups excluding carboxylic acids is 1. The standard InChI is InChI=1S/C18H25N3O2/c1-23-17-19-5-4-15(20-17)2-3-16(22)21-18-9-12-6-13(10-18)8-14(7-12)11-18/h4-5,12-14H,2-3,6-11H2,1H3,(H,21,22). The van der Waals surface area contributed by atoms with Crippen LogP contribution in [-0.2, 0) is 11.2 Å². The van der Waals surface area contributed by atoms with Gasteiger partial charge in [-0.2, -0.15) is 0 Å². The van der Waals surface area contributed by atoms with Gasteiger partial charge in [-0.25, -0.2) is 9.97 Å². The Kier molecular flexibility index (Phi) is 3.74. The summed E-state index contributed by atoms with van der Waals surface area (Å²) in [5, 5.41) is 3.41. The highest BCUT2D eigenvalue weighted by molar-refractivity contribution is 5.77. The van der Waals surface area contributed by atoms with Crippen LogP contribution in [0.15, 0.2) is 12.3 Å². The smallest absolute Gasteiger partial charge is 0.316 e. The summed E-state index contributed by atoms with van der Waals surface area (Å²) in [6.45, 7) is 0. The van der Waals surface area contributed by atoms with Crippen LogP contribution >= 0.6 is 0 Å². The van der Waals surface area contributed by atoms with E-state index in [0.29, 0.717) is 18.9 Å². The number of aromatic nitrogens is 2. The molecule has 4 saturated carbocycles. The molecule has 1 amide bonds. The third-order valence-corrected chi connectivity index (χ3v) is 5.92. The molecule has 4 aliphatic carbocycles. The van der Waals surface area contributed by atoms with Gasteiger partial charge in [0.1, 0.15) is 0 Å². The van der Waals surface area contributed by atoms with Crippen LogP contribution in [0.25, 0.3) is 0 Å². The van der Waals surface area contributed by atoms with Gasteiger partial charge in [0.15, 0.2) is 0 Å².